The van der Waals surface area contributed by atoms with Crippen LogP contribution in [0.5, 0.6) is 5.88 Å². The van der Waals surface area contributed by atoms with Gasteiger partial charge in [-0.3, -0.25) is 4.40 Å². The highest BCUT2D eigenvalue weighted by atomic mass is 19.1. The Bertz CT molecular complexity index is 725. The van der Waals surface area contributed by atoms with Gasteiger partial charge in [0, 0.05) is 18.0 Å². The summed E-state index contributed by atoms with van der Waals surface area (Å²) >= 11 is 0. The van der Waals surface area contributed by atoms with Crippen molar-refractivity contribution in [3.8, 4) is 5.88 Å². The van der Waals surface area contributed by atoms with Gasteiger partial charge < -0.3 is 10.5 Å². The van der Waals surface area contributed by atoms with Gasteiger partial charge in [0.05, 0.1) is 6.20 Å². The number of aromatic nitrogens is 3. The van der Waals surface area contributed by atoms with E-state index in [1.54, 1.807) is 41.2 Å². The van der Waals surface area contributed by atoms with E-state index >= 15 is 0 Å². The molecule has 19 heavy (non-hydrogen) atoms. The number of fused-ring (bicyclic) bond motifs is 1. The number of anilines is 1. The Morgan fingerprint density at radius 3 is 3.00 bits per heavy atom. The molecular weight excluding hydrogens is 247 g/mol. The highest BCUT2D eigenvalue weighted by Crippen LogP contribution is 2.19. The lowest BCUT2D eigenvalue weighted by Crippen LogP contribution is -2.04. The number of halogens is 1. The Morgan fingerprint density at radius 1 is 1.32 bits per heavy atom. The van der Waals surface area contributed by atoms with Gasteiger partial charge in [-0.1, -0.05) is 18.2 Å². The summed E-state index contributed by atoms with van der Waals surface area (Å²) in [5.74, 6) is 0.285. The first-order valence-corrected chi connectivity index (χ1v) is 5.69. The number of ether oxygens (including phenoxy) is 1. The molecule has 6 heteroatoms. The molecule has 1 aromatic carbocycles. The van der Waals surface area contributed by atoms with Gasteiger partial charge in [-0.25, -0.2) is 9.37 Å². The second-order valence-electron chi connectivity index (χ2n) is 4.01. The van der Waals surface area contributed by atoms with Crippen LogP contribution in [-0.2, 0) is 6.61 Å². The number of rotatable bonds is 3. The third kappa shape index (κ3) is 2.20. The number of hydrogen-bond acceptors (Lipinski definition) is 4. The third-order valence-corrected chi connectivity index (χ3v) is 2.68. The number of nitrogen functional groups attached to an aromatic ring is 1. The number of hydrogen-bond donors (Lipinski definition) is 1. The van der Waals surface area contributed by atoms with Crippen molar-refractivity contribution < 1.29 is 9.13 Å². The van der Waals surface area contributed by atoms with Crippen molar-refractivity contribution in [2.75, 3.05) is 5.73 Å². The van der Waals surface area contributed by atoms with Gasteiger partial charge in [0.2, 0.25) is 5.65 Å². The molecule has 0 saturated heterocycles. The van der Waals surface area contributed by atoms with E-state index in [0.717, 1.165) is 0 Å². The molecule has 0 atom stereocenters. The highest BCUT2D eigenvalue weighted by Gasteiger charge is 2.09. The lowest BCUT2D eigenvalue weighted by molar-refractivity contribution is 0.290. The fraction of sp³-hybridized carbons (Fsp3) is 0.0769. The van der Waals surface area contributed by atoms with E-state index in [9.17, 15) is 4.39 Å². The molecule has 96 valence electrons. The molecule has 0 radical (unpaired) electrons. The quantitative estimate of drug-likeness (QED) is 0.780. The van der Waals surface area contributed by atoms with E-state index in [2.05, 4.69) is 9.97 Å². The van der Waals surface area contributed by atoms with Crippen LogP contribution in [0, 0.1) is 5.82 Å². The van der Waals surface area contributed by atoms with Crippen LogP contribution in [0.4, 0.5) is 10.2 Å². The van der Waals surface area contributed by atoms with Crippen LogP contribution >= 0.6 is 0 Å². The molecule has 0 unspecified atom stereocenters. The zero-order valence-electron chi connectivity index (χ0n) is 9.95. The average molecular weight is 258 g/mol. The maximum absolute atomic E-state index is 13.5. The molecular formula is C13H11FN4O. The molecule has 3 aromatic rings. The monoisotopic (exact) mass is 258 g/mol. The summed E-state index contributed by atoms with van der Waals surface area (Å²) in [6.07, 6.45) is 4.99. The lowest BCUT2D eigenvalue weighted by atomic mass is 10.2. The van der Waals surface area contributed by atoms with Crippen molar-refractivity contribution in [2.45, 2.75) is 6.61 Å². The van der Waals surface area contributed by atoms with Crippen molar-refractivity contribution in [3.63, 3.8) is 0 Å². The van der Waals surface area contributed by atoms with Crippen LogP contribution < -0.4 is 10.5 Å². The van der Waals surface area contributed by atoms with E-state index in [-0.39, 0.29) is 18.3 Å². The largest absolute Gasteiger partial charge is 0.470 e. The van der Waals surface area contributed by atoms with Gasteiger partial charge in [0.1, 0.15) is 18.2 Å². The Labute approximate surface area is 108 Å². The van der Waals surface area contributed by atoms with Crippen LogP contribution in [0.3, 0.4) is 0 Å². The summed E-state index contributed by atoms with van der Waals surface area (Å²) in [7, 11) is 0. The number of benzene rings is 1. The maximum Gasteiger partial charge on any atom is 0.260 e. The Hall–Kier alpha value is -2.63. The standard InChI is InChI=1S/C13H11FN4O/c14-10-4-2-1-3-9(10)8-19-13-12-16-5-6-18(12)7-11(15)17-13/h1-7H,8,15H2. The van der Waals surface area contributed by atoms with Gasteiger partial charge in [-0.2, -0.15) is 4.98 Å². The molecule has 0 aliphatic rings. The van der Waals surface area contributed by atoms with Gasteiger partial charge in [-0.15, -0.1) is 0 Å². The number of nitrogens with zero attached hydrogens (tertiary/aromatic N) is 3. The van der Waals surface area contributed by atoms with Crippen LogP contribution in [0.2, 0.25) is 0 Å². The predicted molar refractivity (Wildman–Crippen MR) is 68.1 cm³/mol. The van der Waals surface area contributed by atoms with Gasteiger partial charge >= 0.3 is 0 Å². The van der Waals surface area contributed by atoms with Gasteiger partial charge in [0.25, 0.3) is 5.88 Å². The van der Waals surface area contributed by atoms with Crippen molar-refractivity contribution in [3.05, 3.63) is 54.2 Å². The normalized spacial score (nSPS) is 10.8. The minimum atomic E-state index is -0.314. The number of imidazole rings is 1. The first-order chi connectivity index (χ1) is 9.24. The summed E-state index contributed by atoms with van der Waals surface area (Å²) in [6.45, 7) is 0.0750. The topological polar surface area (TPSA) is 65.4 Å². The van der Waals surface area contributed by atoms with Crippen LogP contribution in [0.25, 0.3) is 5.65 Å². The van der Waals surface area contributed by atoms with Crippen LogP contribution in [0.15, 0.2) is 42.9 Å². The Morgan fingerprint density at radius 2 is 2.16 bits per heavy atom. The fourth-order valence-corrected chi connectivity index (χ4v) is 1.78. The molecule has 0 fully saturated rings. The van der Waals surface area contributed by atoms with Gasteiger partial charge in [0.15, 0.2) is 0 Å². The molecule has 0 saturated carbocycles. The summed E-state index contributed by atoms with van der Waals surface area (Å²) in [4.78, 5) is 8.19. The van der Waals surface area contributed by atoms with Crippen molar-refractivity contribution in [2.24, 2.45) is 0 Å². The third-order valence-electron chi connectivity index (χ3n) is 2.68. The van der Waals surface area contributed by atoms with Crippen molar-refractivity contribution >= 4 is 11.5 Å². The summed E-state index contributed by atoms with van der Waals surface area (Å²) in [6, 6.07) is 6.42. The summed E-state index contributed by atoms with van der Waals surface area (Å²) in [5, 5.41) is 0. The summed E-state index contributed by atoms with van der Waals surface area (Å²) < 4.78 is 20.7. The van der Waals surface area contributed by atoms with E-state index in [1.807, 2.05) is 0 Å². The fourth-order valence-electron chi connectivity index (χ4n) is 1.78. The Balaban J connectivity index is 1.90. The molecule has 5 nitrogen and oxygen atoms in total. The zero-order valence-corrected chi connectivity index (χ0v) is 9.95. The molecule has 3 rings (SSSR count). The molecule has 0 bridgehead atoms. The first kappa shape index (κ1) is 11.5. The number of nitrogens with two attached hydrogens (primary N) is 1. The summed E-state index contributed by atoms with van der Waals surface area (Å²) in [5.41, 5.74) is 6.67. The van der Waals surface area contributed by atoms with Crippen LogP contribution in [0.1, 0.15) is 5.56 Å². The maximum atomic E-state index is 13.5. The second kappa shape index (κ2) is 4.56. The zero-order chi connectivity index (χ0) is 13.2. The molecule has 0 aliphatic carbocycles. The van der Waals surface area contributed by atoms with Gasteiger partial charge in [-0.05, 0) is 6.07 Å². The Kier molecular flexibility index (Phi) is 2.75. The minimum absolute atomic E-state index is 0.0750. The van der Waals surface area contributed by atoms with Crippen molar-refractivity contribution in [1.29, 1.82) is 0 Å². The average Bonchev–Trinajstić information content (AvgIpc) is 2.85. The molecule has 0 amide bonds. The SMILES string of the molecule is Nc1cn2ccnc2c(OCc2ccccc2F)n1. The smallest absolute Gasteiger partial charge is 0.260 e. The van der Waals surface area contributed by atoms with Crippen LogP contribution in [-0.4, -0.2) is 14.4 Å². The molecule has 2 N–H and O–H groups in total. The molecule has 2 heterocycles. The highest BCUT2D eigenvalue weighted by molar-refractivity contribution is 5.52. The van der Waals surface area contributed by atoms with E-state index in [4.69, 9.17) is 10.5 Å². The predicted octanol–water partition coefficient (Wildman–Crippen LogP) is 2.03. The molecule has 2 aromatic heterocycles. The van der Waals surface area contributed by atoms with Crippen molar-refractivity contribution in [1.82, 2.24) is 14.4 Å². The van der Waals surface area contributed by atoms with E-state index in [0.29, 0.717) is 17.0 Å². The van der Waals surface area contributed by atoms with E-state index in [1.165, 1.54) is 6.07 Å². The molecule has 0 aliphatic heterocycles. The minimum Gasteiger partial charge on any atom is -0.470 e. The lowest BCUT2D eigenvalue weighted by Gasteiger charge is -2.08. The molecule has 0 spiro atoms. The van der Waals surface area contributed by atoms with E-state index < -0.39 is 0 Å². The first-order valence-electron chi connectivity index (χ1n) is 5.69. The second-order valence-corrected chi connectivity index (χ2v) is 4.01.